The number of nitriles is 1. The molecule has 1 aromatic rings. The lowest BCUT2D eigenvalue weighted by Gasteiger charge is -2.37. The second-order valence-electron chi connectivity index (χ2n) is 6.61. The Kier molecular flexibility index (Phi) is 5.00. The summed E-state index contributed by atoms with van der Waals surface area (Å²) in [5.74, 6) is 0.923. The highest BCUT2D eigenvalue weighted by molar-refractivity contribution is 5.80. The Morgan fingerprint density at radius 3 is 2.79 bits per heavy atom. The molecule has 1 amide bonds. The molecule has 2 aliphatic rings. The minimum absolute atomic E-state index is 0.0222. The van der Waals surface area contributed by atoms with Crippen LogP contribution in [0.1, 0.15) is 29.7 Å². The molecule has 6 heteroatoms. The lowest BCUT2D eigenvalue weighted by atomic mass is 9.95. The predicted molar refractivity (Wildman–Crippen MR) is 90.8 cm³/mol. The standard InChI is InChI=1S/C18H24N4O2/c1-13-10-14(2)20-17(16(13)11-19)22-5-3-4-15(12-22)18(23)21-6-8-24-9-7-21/h10,15H,3-9,12H2,1-2H3. The van der Waals surface area contributed by atoms with Crippen LogP contribution < -0.4 is 4.90 Å². The second-order valence-corrected chi connectivity index (χ2v) is 6.61. The van der Waals surface area contributed by atoms with Gasteiger partial charge in [0.15, 0.2) is 0 Å². The maximum absolute atomic E-state index is 12.8. The molecule has 128 valence electrons. The highest BCUT2D eigenvalue weighted by atomic mass is 16.5. The Morgan fingerprint density at radius 2 is 2.08 bits per heavy atom. The van der Waals surface area contributed by atoms with Crippen LogP contribution in [0.25, 0.3) is 0 Å². The van der Waals surface area contributed by atoms with Crippen molar-refractivity contribution < 1.29 is 9.53 Å². The van der Waals surface area contributed by atoms with E-state index in [0.29, 0.717) is 38.4 Å². The Bertz CT molecular complexity index is 662. The number of amides is 1. The summed E-state index contributed by atoms with van der Waals surface area (Å²) in [5.41, 5.74) is 2.48. The number of aryl methyl sites for hydroxylation is 2. The summed E-state index contributed by atoms with van der Waals surface area (Å²) in [6.07, 6.45) is 1.85. The van der Waals surface area contributed by atoms with Crippen molar-refractivity contribution in [2.75, 3.05) is 44.3 Å². The van der Waals surface area contributed by atoms with Gasteiger partial charge in [0.2, 0.25) is 5.91 Å². The Labute approximate surface area is 143 Å². The van der Waals surface area contributed by atoms with E-state index in [2.05, 4.69) is 16.0 Å². The molecule has 24 heavy (non-hydrogen) atoms. The molecule has 0 radical (unpaired) electrons. The molecular weight excluding hydrogens is 304 g/mol. The number of carbonyl (C=O) groups excluding carboxylic acids is 1. The number of carbonyl (C=O) groups is 1. The van der Waals surface area contributed by atoms with Crippen LogP contribution in [-0.4, -0.2) is 55.2 Å². The van der Waals surface area contributed by atoms with E-state index < -0.39 is 0 Å². The third-order valence-electron chi connectivity index (χ3n) is 4.83. The van der Waals surface area contributed by atoms with Gasteiger partial charge in [-0.3, -0.25) is 4.79 Å². The maximum atomic E-state index is 12.8. The van der Waals surface area contributed by atoms with Crippen LogP contribution in [0.5, 0.6) is 0 Å². The van der Waals surface area contributed by atoms with E-state index >= 15 is 0 Å². The van der Waals surface area contributed by atoms with E-state index in [1.54, 1.807) is 0 Å². The number of aromatic nitrogens is 1. The number of anilines is 1. The summed E-state index contributed by atoms with van der Waals surface area (Å²) in [6.45, 7) is 7.98. The average Bonchev–Trinajstić information content (AvgIpc) is 2.61. The molecule has 3 heterocycles. The number of hydrogen-bond donors (Lipinski definition) is 0. The number of morpholine rings is 1. The smallest absolute Gasteiger partial charge is 0.227 e. The topological polar surface area (TPSA) is 69.5 Å². The maximum Gasteiger partial charge on any atom is 0.227 e. The van der Waals surface area contributed by atoms with Gasteiger partial charge in [-0.05, 0) is 38.3 Å². The molecule has 2 aliphatic heterocycles. The first-order chi connectivity index (χ1) is 11.6. The lowest BCUT2D eigenvalue weighted by molar-refractivity contribution is -0.139. The first-order valence-electron chi connectivity index (χ1n) is 8.60. The molecule has 2 saturated heterocycles. The zero-order valence-electron chi connectivity index (χ0n) is 14.4. The molecule has 0 N–H and O–H groups in total. The van der Waals surface area contributed by atoms with Crippen molar-refractivity contribution in [2.45, 2.75) is 26.7 Å². The van der Waals surface area contributed by atoms with E-state index in [4.69, 9.17) is 4.74 Å². The second kappa shape index (κ2) is 7.18. The van der Waals surface area contributed by atoms with Crippen LogP contribution in [0.2, 0.25) is 0 Å². The Hall–Kier alpha value is -2.13. The quantitative estimate of drug-likeness (QED) is 0.825. The van der Waals surface area contributed by atoms with Crippen LogP contribution in [0.3, 0.4) is 0 Å². The van der Waals surface area contributed by atoms with Gasteiger partial charge < -0.3 is 14.5 Å². The van der Waals surface area contributed by atoms with Crippen LogP contribution in [0.15, 0.2) is 6.07 Å². The largest absolute Gasteiger partial charge is 0.378 e. The first kappa shape index (κ1) is 16.7. The number of pyridine rings is 1. The van der Waals surface area contributed by atoms with E-state index in [-0.39, 0.29) is 11.8 Å². The molecule has 0 aromatic carbocycles. The van der Waals surface area contributed by atoms with Crippen LogP contribution in [0, 0.1) is 31.1 Å². The van der Waals surface area contributed by atoms with Crippen molar-refractivity contribution in [2.24, 2.45) is 5.92 Å². The fourth-order valence-corrected chi connectivity index (χ4v) is 3.60. The Morgan fingerprint density at radius 1 is 1.33 bits per heavy atom. The summed E-state index contributed by atoms with van der Waals surface area (Å²) in [4.78, 5) is 21.4. The van der Waals surface area contributed by atoms with Gasteiger partial charge in [0, 0.05) is 31.9 Å². The van der Waals surface area contributed by atoms with Crippen molar-refractivity contribution in [1.82, 2.24) is 9.88 Å². The third kappa shape index (κ3) is 3.36. The number of rotatable bonds is 2. The molecule has 0 spiro atoms. The summed E-state index contributed by atoms with van der Waals surface area (Å²) < 4.78 is 5.33. The van der Waals surface area contributed by atoms with Crippen molar-refractivity contribution in [3.63, 3.8) is 0 Å². The average molecular weight is 328 g/mol. The number of nitrogens with zero attached hydrogens (tertiary/aromatic N) is 4. The van der Waals surface area contributed by atoms with Crippen molar-refractivity contribution in [1.29, 1.82) is 5.26 Å². The summed E-state index contributed by atoms with van der Waals surface area (Å²) >= 11 is 0. The minimum atomic E-state index is -0.0222. The monoisotopic (exact) mass is 328 g/mol. The molecule has 6 nitrogen and oxygen atoms in total. The van der Waals surface area contributed by atoms with Crippen molar-refractivity contribution in [3.8, 4) is 6.07 Å². The van der Waals surface area contributed by atoms with Gasteiger partial charge in [-0.2, -0.15) is 5.26 Å². The lowest BCUT2D eigenvalue weighted by Crippen LogP contribution is -2.48. The van der Waals surface area contributed by atoms with E-state index in [0.717, 1.165) is 36.5 Å². The van der Waals surface area contributed by atoms with Gasteiger partial charge in [-0.1, -0.05) is 0 Å². The molecule has 1 unspecified atom stereocenters. The SMILES string of the molecule is Cc1cc(C)c(C#N)c(N2CCCC(C(=O)N3CCOCC3)C2)n1. The molecule has 0 saturated carbocycles. The molecule has 0 aliphatic carbocycles. The fourth-order valence-electron chi connectivity index (χ4n) is 3.60. The Balaban J connectivity index is 1.79. The van der Waals surface area contributed by atoms with Gasteiger partial charge in [0.05, 0.1) is 24.7 Å². The van der Waals surface area contributed by atoms with E-state index in [9.17, 15) is 10.1 Å². The molecule has 2 fully saturated rings. The van der Waals surface area contributed by atoms with Crippen LogP contribution in [-0.2, 0) is 9.53 Å². The first-order valence-corrected chi connectivity index (χ1v) is 8.60. The molecule has 1 atom stereocenters. The van der Waals surface area contributed by atoms with Gasteiger partial charge >= 0.3 is 0 Å². The fraction of sp³-hybridized carbons (Fsp3) is 0.611. The zero-order valence-corrected chi connectivity index (χ0v) is 14.4. The molecule has 0 bridgehead atoms. The molecule has 3 rings (SSSR count). The van der Waals surface area contributed by atoms with Gasteiger partial charge in [-0.15, -0.1) is 0 Å². The number of hydrogen-bond acceptors (Lipinski definition) is 5. The van der Waals surface area contributed by atoms with Crippen molar-refractivity contribution >= 4 is 11.7 Å². The van der Waals surface area contributed by atoms with Gasteiger partial charge in [-0.25, -0.2) is 4.98 Å². The zero-order chi connectivity index (χ0) is 17.1. The third-order valence-corrected chi connectivity index (χ3v) is 4.83. The van der Waals surface area contributed by atoms with Gasteiger partial charge in [0.1, 0.15) is 11.9 Å². The summed E-state index contributed by atoms with van der Waals surface area (Å²) in [5, 5.41) is 9.49. The van der Waals surface area contributed by atoms with Crippen LogP contribution in [0.4, 0.5) is 5.82 Å². The molecular formula is C18H24N4O2. The van der Waals surface area contributed by atoms with Crippen molar-refractivity contribution in [3.05, 3.63) is 22.9 Å². The normalized spacial score (nSPS) is 21.5. The minimum Gasteiger partial charge on any atom is -0.378 e. The predicted octanol–water partition coefficient (Wildman–Crippen LogP) is 1.65. The van der Waals surface area contributed by atoms with Crippen LogP contribution >= 0.6 is 0 Å². The van der Waals surface area contributed by atoms with E-state index in [1.807, 2.05) is 24.8 Å². The number of piperidine rings is 1. The summed E-state index contributed by atoms with van der Waals surface area (Å²) in [6, 6.07) is 4.21. The highest BCUT2D eigenvalue weighted by Gasteiger charge is 2.31. The van der Waals surface area contributed by atoms with Gasteiger partial charge in [0.25, 0.3) is 0 Å². The summed E-state index contributed by atoms with van der Waals surface area (Å²) in [7, 11) is 0. The highest BCUT2D eigenvalue weighted by Crippen LogP contribution is 2.27. The number of ether oxygens (including phenoxy) is 1. The van der Waals surface area contributed by atoms with E-state index in [1.165, 1.54) is 0 Å². The molecule has 1 aromatic heterocycles.